The van der Waals surface area contributed by atoms with Gasteiger partial charge in [0.15, 0.2) is 0 Å². The first-order valence-electron chi connectivity index (χ1n) is 8.29. The van der Waals surface area contributed by atoms with Gasteiger partial charge >= 0.3 is 12.4 Å². The lowest BCUT2D eigenvalue weighted by Crippen LogP contribution is -2.45. The Morgan fingerprint density at radius 1 is 1.00 bits per heavy atom. The van der Waals surface area contributed by atoms with Gasteiger partial charge in [0.05, 0.1) is 22.2 Å². The van der Waals surface area contributed by atoms with Crippen LogP contribution in [0.2, 0.25) is 0 Å². The first-order chi connectivity index (χ1) is 13.7. The molecule has 2 unspecified atom stereocenters. The normalized spacial score (nSPS) is 20.6. The summed E-state index contributed by atoms with van der Waals surface area (Å²) in [5.41, 5.74) is 0.745. The van der Waals surface area contributed by atoms with Crippen LogP contribution in [-0.2, 0) is 16.2 Å². The van der Waals surface area contributed by atoms with Gasteiger partial charge in [0, 0.05) is 5.56 Å². The Morgan fingerprint density at radius 3 is 2.07 bits per heavy atom. The number of nitrogens with two attached hydrogens (primary N) is 1. The molecule has 3 rings (SSSR count). The van der Waals surface area contributed by atoms with E-state index < -0.39 is 52.3 Å². The fourth-order valence-electron chi connectivity index (χ4n) is 3.15. The van der Waals surface area contributed by atoms with Crippen molar-refractivity contribution >= 4 is 15.7 Å². The smallest absolute Gasteiger partial charge is 0.296 e. The highest BCUT2D eigenvalue weighted by molar-refractivity contribution is 7.89. The van der Waals surface area contributed by atoms with Crippen molar-refractivity contribution in [2.45, 2.75) is 35.8 Å². The van der Waals surface area contributed by atoms with Crippen molar-refractivity contribution in [3.8, 4) is 0 Å². The molecule has 1 aliphatic rings. The van der Waals surface area contributed by atoms with Crippen molar-refractivity contribution in [3.63, 3.8) is 0 Å². The van der Waals surface area contributed by atoms with E-state index in [1.54, 1.807) is 0 Å². The third kappa shape index (κ3) is 4.52. The van der Waals surface area contributed by atoms with Crippen molar-refractivity contribution in [3.05, 3.63) is 59.4 Å². The number of hydrogen-bond acceptors (Lipinski definition) is 4. The molecule has 0 spiro atoms. The summed E-state index contributed by atoms with van der Waals surface area (Å²) in [4.78, 5) is -0.320. The Balaban J connectivity index is 1.94. The van der Waals surface area contributed by atoms with Gasteiger partial charge in [-0.1, -0.05) is 6.07 Å². The molecule has 3 N–H and O–H groups in total. The van der Waals surface area contributed by atoms with E-state index in [1.807, 2.05) is 0 Å². The van der Waals surface area contributed by atoms with Gasteiger partial charge in [-0.3, -0.25) is 5.01 Å². The first kappa shape index (κ1) is 22.3. The Hall–Kier alpha value is -2.38. The molecule has 2 atom stereocenters. The van der Waals surface area contributed by atoms with E-state index in [-0.39, 0.29) is 22.2 Å². The molecule has 0 radical (unpaired) electrons. The third-order valence-corrected chi connectivity index (χ3v) is 5.52. The number of nitrogens with zero attached hydrogens (tertiary/aromatic N) is 1. The quantitative estimate of drug-likeness (QED) is 0.687. The lowest BCUT2D eigenvalue weighted by molar-refractivity contribution is -0.146. The Morgan fingerprint density at radius 2 is 1.60 bits per heavy atom. The second kappa shape index (κ2) is 7.39. The maximum absolute atomic E-state index is 14.2. The molecular formula is C17H14F7N3O2S. The summed E-state index contributed by atoms with van der Waals surface area (Å²) in [5.74, 6) is -1.30. The highest BCUT2D eigenvalue weighted by Gasteiger charge is 2.50. The van der Waals surface area contributed by atoms with Gasteiger partial charge < -0.3 is 0 Å². The number of anilines is 1. The van der Waals surface area contributed by atoms with Gasteiger partial charge in [-0.2, -0.15) is 26.3 Å². The number of benzene rings is 2. The van der Waals surface area contributed by atoms with E-state index in [2.05, 4.69) is 5.43 Å². The van der Waals surface area contributed by atoms with Crippen molar-refractivity contribution in [1.29, 1.82) is 0 Å². The SMILES string of the molecule is NS(=O)(=O)c1ccc(N2NC(c3ccc(C(F)(F)F)cc3F)CC2C(F)(F)F)cc1. The zero-order valence-electron chi connectivity index (χ0n) is 14.8. The van der Waals surface area contributed by atoms with Crippen LogP contribution in [0.1, 0.15) is 23.6 Å². The lowest BCUT2D eigenvalue weighted by atomic mass is 9.99. The molecule has 0 aliphatic carbocycles. The summed E-state index contributed by atoms with van der Waals surface area (Å²) < 4.78 is 116. The second-order valence-corrected chi connectivity index (χ2v) is 8.18. The average molecular weight is 457 g/mol. The van der Waals surface area contributed by atoms with E-state index in [0.29, 0.717) is 11.1 Å². The van der Waals surface area contributed by atoms with Crippen LogP contribution in [0.15, 0.2) is 47.4 Å². The number of sulfonamides is 1. The maximum Gasteiger partial charge on any atom is 0.416 e. The minimum atomic E-state index is -4.80. The summed E-state index contributed by atoms with van der Waals surface area (Å²) in [6.45, 7) is 0. The maximum atomic E-state index is 14.2. The molecule has 0 bridgehead atoms. The van der Waals surface area contributed by atoms with E-state index in [0.717, 1.165) is 30.3 Å². The molecule has 0 aromatic heterocycles. The number of alkyl halides is 6. The molecule has 0 saturated carbocycles. The molecule has 2 aromatic carbocycles. The van der Waals surface area contributed by atoms with Gasteiger partial charge in [-0.15, -0.1) is 0 Å². The predicted molar refractivity (Wildman–Crippen MR) is 92.0 cm³/mol. The van der Waals surface area contributed by atoms with E-state index in [4.69, 9.17) is 5.14 Å². The molecular weight excluding hydrogens is 443 g/mol. The van der Waals surface area contributed by atoms with Crippen LogP contribution in [0.5, 0.6) is 0 Å². The van der Waals surface area contributed by atoms with Gasteiger partial charge in [-0.05, 0) is 42.8 Å². The van der Waals surface area contributed by atoms with Crippen molar-refractivity contribution < 1.29 is 39.2 Å². The fraction of sp³-hybridized carbons (Fsp3) is 0.294. The van der Waals surface area contributed by atoms with Crippen molar-refractivity contribution in [1.82, 2.24) is 5.43 Å². The molecule has 164 valence electrons. The van der Waals surface area contributed by atoms with Crippen LogP contribution in [0.4, 0.5) is 36.4 Å². The zero-order valence-corrected chi connectivity index (χ0v) is 15.6. The van der Waals surface area contributed by atoms with Crippen LogP contribution in [0.3, 0.4) is 0 Å². The first-order valence-corrected chi connectivity index (χ1v) is 9.84. The minimum absolute atomic E-state index is 0.0838. The van der Waals surface area contributed by atoms with Gasteiger partial charge in [0.25, 0.3) is 0 Å². The molecule has 30 heavy (non-hydrogen) atoms. The third-order valence-electron chi connectivity index (χ3n) is 4.59. The Bertz CT molecular complexity index is 1040. The molecule has 13 heteroatoms. The fourth-order valence-corrected chi connectivity index (χ4v) is 3.67. The second-order valence-electron chi connectivity index (χ2n) is 6.62. The zero-order chi connectivity index (χ0) is 22.5. The molecule has 5 nitrogen and oxygen atoms in total. The minimum Gasteiger partial charge on any atom is -0.296 e. The number of rotatable bonds is 3. The van der Waals surface area contributed by atoms with Gasteiger partial charge in [-0.25, -0.2) is 23.4 Å². The molecule has 1 aliphatic heterocycles. The molecule has 1 saturated heterocycles. The predicted octanol–water partition coefficient (Wildman–Crippen LogP) is 3.88. The summed E-state index contributed by atoms with van der Waals surface area (Å²) in [6.07, 6.45) is -10.2. The van der Waals surface area contributed by atoms with Crippen LogP contribution >= 0.6 is 0 Å². The molecule has 1 heterocycles. The van der Waals surface area contributed by atoms with E-state index in [1.165, 1.54) is 0 Å². The monoisotopic (exact) mass is 457 g/mol. The van der Waals surface area contributed by atoms with Crippen LogP contribution in [0.25, 0.3) is 0 Å². The molecule has 1 fully saturated rings. The van der Waals surface area contributed by atoms with Crippen LogP contribution in [-0.4, -0.2) is 20.6 Å². The van der Waals surface area contributed by atoms with Crippen LogP contribution in [0, 0.1) is 5.82 Å². The highest BCUT2D eigenvalue weighted by Crippen LogP contribution is 2.40. The lowest BCUT2D eigenvalue weighted by Gasteiger charge is -2.28. The highest BCUT2D eigenvalue weighted by atomic mass is 32.2. The number of hydrazine groups is 1. The average Bonchev–Trinajstić information content (AvgIpc) is 3.05. The standard InChI is InChI=1S/C17H14F7N3O2S/c18-13-7-9(16(19,20)21)1-6-12(13)14-8-15(17(22,23)24)27(26-14)10-2-4-11(5-3-10)30(25,28)29/h1-7,14-15,26H,8H2,(H2,25,28,29). The Kier molecular flexibility index (Phi) is 5.50. The Labute approximate surface area is 166 Å². The summed E-state index contributed by atoms with van der Waals surface area (Å²) in [6, 6.07) is 2.37. The largest absolute Gasteiger partial charge is 0.416 e. The van der Waals surface area contributed by atoms with Gasteiger partial charge in [0.2, 0.25) is 10.0 Å². The van der Waals surface area contributed by atoms with E-state index in [9.17, 15) is 39.2 Å². The number of nitrogens with one attached hydrogen (secondary N) is 1. The number of primary sulfonamides is 1. The molecule has 2 aromatic rings. The van der Waals surface area contributed by atoms with Crippen LogP contribution < -0.4 is 15.6 Å². The molecule has 0 amide bonds. The van der Waals surface area contributed by atoms with Crippen molar-refractivity contribution in [2.24, 2.45) is 5.14 Å². The van der Waals surface area contributed by atoms with Gasteiger partial charge in [0.1, 0.15) is 11.9 Å². The summed E-state index contributed by atoms with van der Waals surface area (Å²) in [5, 5.41) is 5.63. The van der Waals surface area contributed by atoms with E-state index >= 15 is 0 Å². The summed E-state index contributed by atoms with van der Waals surface area (Å²) >= 11 is 0. The van der Waals surface area contributed by atoms with Crippen molar-refractivity contribution in [2.75, 3.05) is 5.01 Å². The number of halogens is 7. The summed E-state index contributed by atoms with van der Waals surface area (Å²) in [7, 11) is -4.06. The number of hydrogen-bond donors (Lipinski definition) is 2. The topological polar surface area (TPSA) is 75.4 Å².